The van der Waals surface area contributed by atoms with Gasteiger partial charge in [-0.1, -0.05) is 12.1 Å². The summed E-state index contributed by atoms with van der Waals surface area (Å²) < 4.78 is 1.85. The first-order valence-corrected chi connectivity index (χ1v) is 7.00. The van der Waals surface area contributed by atoms with Gasteiger partial charge in [0.05, 0.1) is 11.2 Å². The minimum atomic E-state index is -0.706. The smallest absolute Gasteiger partial charge is 0.254 e. The Balaban J connectivity index is 2.31. The molecule has 0 fully saturated rings. The van der Waals surface area contributed by atoms with Crippen LogP contribution < -0.4 is 11.2 Å². The molecular weight excluding hydrogens is 278 g/mol. The van der Waals surface area contributed by atoms with Gasteiger partial charge in [0.1, 0.15) is 5.56 Å². The van der Waals surface area contributed by atoms with E-state index in [4.69, 9.17) is 5.73 Å². The van der Waals surface area contributed by atoms with Crippen LogP contribution in [0.25, 0.3) is 22.2 Å². The van der Waals surface area contributed by atoms with E-state index in [0.29, 0.717) is 11.9 Å². The minimum absolute atomic E-state index is 0.0138. The van der Waals surface area contributed by atoms with Gasteiger partial charge in [0.2, 0.25) is 5.43 Å². The molecule has 3 rings (SSSR count). The molecule has 1 amide bonds. The molecule has 0 aliphatic carbocycles. The summed E-state index contributed by atoms with van der Waals surface area (Å²) in [6.07, 6.45) is 3.25. The molecule has 2 aromatic heterocycles. The molecule has 1 aromatic carbocycles. The van der Waals surface area contributed by atoms with Crippen LogP contribution in [0.5, 0.6) is 0 Å². The zero-order chi connectivity index (χ0) is 15.7. The molecule has 0 aliphatic heterocycles. The second kappa shape index (κ2) is 5.44. The molecule has 110 valence electrons. The van der Waals surface area contributed by atoms with E-state index < -0.39 is 5.91 Å². The Morgan fingerprint density at radius 2 is 2.09 bits per heavy atom. The van der Waals surface area contributed by atoms with Crippen molar-refractivity contribution < 1.29 is 4.79 Å². The van der Waals surface area contributed by atoms with Crippen molar-refractivity contribution >= 4 is 16.8 Å². The predicted octanol–water partition coefficient (Wildman–Crippen LogP) is 2.18. The zero-order valence-corrected chi connectivity index (χ0v) is 12.1. The molecule has 3 aromatic rings. The fourth-order valence-corrected chi connectivity index (χ4v) is 2.52. The van der Waals surface area contributed by atoms with Crippen LogP contribution >= 0.6 is 0 Å². The lowest BCUT2D eigenvalue weighted by molar-refractivity contribution is 0.0999. The van der Waals surface area contributed by atoms with E-state index >= 15 is 0 Å². The lowest BCUT2D eigenvalue weighted by Gasteiger charge is -2.11. The number of aromatic nitrogens is 2. The number of hydrogen-bond donors (Lipinski definition) is 1. The number of carbonyl (C=O) groups excluding carboxylic acids is 1. The number of aryl methyl sites for hydroxylation is 1. The lowest BCUT2D eigenvalue weighted by atomic mass is 10.1. The van der Waals surface area contributed by atoms with E-state index in [-0.39, 0.29) is 11.0 Å². The zero-order valence-electron chi connectivity index (χ0n) is 12.1. The maximum atomic E-state index is 12.4. The summed E-state index contributed by atoms with van der Waals surface area (Å²) in [5.41, 5.74) is 7.48. The number of nitrogens with zero attached hydrogens (tertiary/aromatic N) is 2. The Morgan fingerprint density at radius 1 is 1.27 bits per heavy atom. The second-order valence-corrected chi connectivity index (χ2v) is 4.97. The van der Waals surface area contributed by atoms with Crippen LogP contribution in [0.3, 0.4) is 0 Å². The Labute approximate surface area is 127 Å². The van der Waals surface area contributed by atoms with Crippen molar-refractivity contribution in [2.24, 2.45) is 5.73 Å². The molecule has 22 heavy (non-hydrogen) atoms. The van der Waals surface area contributed by atoms with Crippen molar-refractivity contribution in [2.75, 3.05) is 0 Å². The Morgan fingerprint density at radius 3 is 2.73 bits per heavy atom. The summed E-state index contributed by atoms with van der Waals surface area (Å²) in [6, 6.07) is 11.1. The average Bonchev–Trinajstić information content (AvgIpc) is 2.55. The maximum Gasteiger partial charge on any atom is 0.254 e. The van der Waals surface area contributed by atoms with Crippen LogP contribution in [0.2, 0.25) is 0 Å². The third-order valence-corrected chi connectivity index (χ3v) is 3.65. The minimum Gasteiger partial charge on any atom is -0.365 e. The standard InChI is InChI=1S/C17H15N3O2/c1-2-20-10-13(17(18)22)16(21)12-7-6-11(9-15(12)20)14-5-3-4-8-19-14/h3-10H,2H2,1H3,(H2,18,22). The molecule has 0 bridgehead atoms. The van der Waals surface area contributed by atoms with Gasteiger partial charge in [-0.05, 0) is 31.2 Å². The van der Waals surface area contributed by atoms with Crippen LogP contribution in [-0.2, 0) is 6.54 Å². The molecule has 5 heteroatoms. The van der Waals surface area contributed by atoms with E-state index in [1.807, 2.05) is 41.8 Å². The van der Waals surface area contributed by atoms with Crippen molar-refractivity contribution in [3.8, 4) is 11.3 Å². The number of benzene rings is 1. The van der Waals surface area contributed by atoms with Gasteiger partial charge >= 0.3 is 0 Å². The highest BCUT2D eigenvalue weighted by molar-refractivity contribution is 5.96. The lowest BCUT2D eigenvalue weighted by Crippen LogP contribution is -2.24. The Hall–Kier alpha value is -2.95. The van der Waals surface area contributed by atoms with Gasteiger partial charge in [0.25, 0.3) is 5.91 Å². The molecule has 0 aliphatic rings. The number of fused-ring (bicyclic) bond motifs is 1. The molecule has 0 atom stereocenters. The molecule has 2 N–H and O–H groups in total. The first-order chi connectivity index (χ1) is 10.6. The van der Waals surface area contributed by atoms with Gasteiger partial charge in [-0.2, -0.15) is 0 Å². The molecule has 0 spiro atoms. The quantitative estimate of drug-likeness (QED) is 0.804. The maximum absolute atomic E-state index is 12.4. The molecule has 2 heterocycles. The van der Waals surface area contributed by atoms with Crippen molar-refractivity contribution in [2.45, 2.75) is 13.5 Å². The highest BCUT2D eigenvalue weighted by Gasteiger charge is 2.13. The average molecular weight is 293 g/mol. The summed E-state index contributed by atoms with van der Waals surface area (Å²) in [5, 5.41) is 0.484. The SMILES string of the molecule is CCn1cc(C(N)=O)c(=O)c2ccc(-c3ccccn3)cc21. The number of primary amides is 1. The van der Waals surface area contributed by atoms with E-state index in [1.165, 1.54) is 6.20 Å². The molecule has 0 radical (unpaired) electrons. The number of rotatable bonds is 3. The summed E-state index contributed by atoms with van der Waals surface area (Å²) in [4.78, 5) is 28.1. The summed E-state index contributed by atoms with van der Waals surface area (Å²) in [5.74, 6) is -0.706. The van der Waals surface area contributed by atoms with Crippen molar-refractivity contribution in [1.29, 1.82) is 0 Å². The molecular formula is C17H15N3O2. The fourth-order valence-electron chi connectivity index (χ4n) is 2.52. The monoisotopic (exact) mass is 293 g/mol. The van der Waals surface area contributed by atoms with Gasteiger partial charge in [0.15, 0.2) is 0 Å². The Kier molecular flexibility index (Phi) is 3.47. The van der Waals surface area contributed by atoms with Crippen molar-refractivity contribution in [1.82, 2.24) is 9.55 Å². The number of nitrogens with two attached hydrogens (primary N) is 1. The third kappa shape index (κ3) is 2.26. The molecule has 5 nitrogen and oxygen atoms in total. The molecule has 0 saturated heterocycles. The normalized spacial score (nSPS) is 10.8. The second-order valence-electron chi connectivity index (χ2n) is 4.97. The van der Waals surface area contributed by atoms with Crippen LogP contribution in [-0.4, -0.2) is 15.5 Å². The molecule has 0 saturated carbocycles. The van der Waals surface area contributed by atoms with Crippen LogP contribution in [0, 0.1) is 0 Å². The largest absolute Gasteiger partial charge is 0.365 e. The highest BCUT2D eigenvalue weighted by Crippen LogP contribution is 2.21. The van der Waals surface area contributed by atoms with Gasteiger partial charge in [-0.3, -0.25) is 14.6 Å². The predicted molar refractivity (Wildman–Crippen MR) is 85.6 cm³/mol. The highest BCUT2D eigenvalue weighted by atomic mass is 16.2. The number of pyridine rings is 2. The third-order valence-electron chi connectivity index (χ3n) is 3.65. The number of amides is 1. The first-order valence-electron chi connectivity index (χ1n) is 7.00. The van der Waals surface area contributed by atoms with Crippen molar-refractivity contribution in [3.63, 3.8) is 0 Å². The van der Waals surface area contributed by atoms with E-state index in [2.05, 4.69) is 4.98 Å². The Bertz CT molecular complexity index is 914. The number of hydrogen-bond acceptors (Lipinski definition) is 3. The van der Waals surface area contributed by atoms with Gasteiger partial charge in [-0.25, -0.2) is 0 Å². The molecule has 0 unspecified atom stereocenters. The van der Waals surface area contributed by atoms with E-state index in [1.54, 1.807) is 12.3 Å². The fraction of sp³-hybridized carbons (Fsp3) is 0.118. The van der Waals surface area contributed by atoms with Gasteiger partial charge in [0, 0.05) is 29.9 Å². The summed E-state index contributed by atoms with van der Waals surface area (Å²) in [6.45, 7) is 2.57. The van der Waals surface area contributed by atoms with Crippen LogP contribution in [0.1, 0.15) is 17.3 Å². The van der Waals surface area contributed by atoms with E-state index in [0.717, 1.165) is 16.8 Å². The topological polar surface area (TPSA) is 78.0 Å². The van der Waals surface area contributed by atoms with Crippen LogP contribution in [0.4, 0.5) is 0 Å². The number of carbonyl (C=O) groups is 1. The summed E-state index contributed by atoms with van der Waals surface area (Å²) >= 11 is 0. The van der Waals surface area contributed by atoms with E-state index in [9.17, 15) is 9.59 Å². The van der Waals surface area contributed by atoms with Crippen molar-refractivity contribution in [3.05, 3.63) is 64.6 Å². The summed E-state index contributed by atoms with van der Waals surface area (Å²) in [7, 11) is 0. The van der Waals surface area contributed by atoms with Crippen LogP contribution in [0.15, 0.2) is 53.6 Å². The van der Waals surface area contributed by atoms with Gasteiger partial charge < -0.3 is 10.3 Å². The van der Waals surface area contributed by atoms with Gasteiger partial charge in [-0.15, -0.1) is 0 Å². The first kappa shape index (κ1) is 14.0.